The number of aromatic nitrogens is 1. The number of benzene rings is 2. The van der Waals surface area contributed by atoms with E-state index < -0.39 is 15.8 Å². The zero-order valence-corrected chi connectivity index (χ0v) is 14.6. The van der Waals surface area contributed by atoms with Crippen LogP contribution in [0.3, 0.4) is 0 Å². The number of carbonyl (C=O) groups is 1. The minimum atomic E-state index is -3.65. The van der Waals surface area contributed by atoms with Gasteiger partial charge in [0.25, 0.3) is 0 Å². The molecule has 0 radical (unpaired) electrons. The van der Waals surface area contributed by atoms with Gasteiger partial charge < -0.3 is 14.3 Å². The summed E-state index contributed by atoms with van der Waals surface area (Å²) in [6.07, 6.45) is 2.56. The van der Waals surface area contributed by atoms with Gasteiger partial charge in [0, 0.05) is 0 Å². The first kappa shape index (κ1) is 17.7. The first-order valence-corrected chi connectivity index (χ1v) is 9.19. The Hall–Kier alpha value is -3.13. The summed E-state index contributed by atoms with van der Waals surface area (Å²) in [7, 11) is -2.33. The van der Waals surface area contributed by atoms with Crippen LogP contribution in [0.4, 0.5) is 0 Å². The molecule has 7 nitrogen and oxygen atoms in total. The third kappa shape index (κ3) is 3.31. The van der Waals surface area contributed by atoms with Crippen molar-refractivity contribution in [2.75, 3.05) is 7.11 Å². The maximum atomic E-state index is 12.7. The SMILES string of the molecule is COc1c(C(=O)O)ccc(CS(=O)(=O)c2ccccc2)c1-c1cnco1. The largest absolute Gasteiger partial charge is 0.495 e. The van der Waals surface area contributed by atoms with Gasteiger partial charge in [-0.05, 0) is 23.8 Å². The van der Waals surface area contributed by atoms with Crippen molar-refractivity contribution in [3.8, 4) is 17.1 Å². The van der Waals surface area contributed by atoms with Gasteiger partial charge in [0.2, 0.25) is 0 Å². The van der Waals surface area contributed by atoms with Gasteiger partial charge in [-0.25, -0.2) is 18.2 Å². The lowest BCUT2D eigenvalue weighted by molar-refractivity contribution is 0.0693. The van der Waals surface area contributed by atoms with Gasteiger partial charge in [-0.1, -0.05) is 24.3 Å². The Bertz CT molecular complexity index is 1030. The summed E-state index contributed by atoms with van der Waals surface area (Å²) in [4.78, 5) is 15.5. The molecule has 0 aliphatic rings. The number of ether oxygens (including phenoxy) is 1. The molecule has 0 unspecified atom stereocenters. The molecule has 1 aromatic heterocycles. The van der Waals surface area contributed by atoms with Crippen LogP contribution in [0, 0.1) is 0 Å². The lowest BCUT2D eigenvalue weighted by Gasteiger charge is -2.15. The molecule has 134 valence electrons. The van der Waals surface area contributed by atoms with Gasteiger partial charge in [0.1, 0.15) is 11.3 Å². The van der Waals surface area contributed by atoms with Crippen molar-refractivity contribution in [1.29, 1.82) is 0 Å². The van der Waals surface area contributed by atoms with Crippen LogP contribution in [-0.2, 0) is 15.6 Å². The summed E-state index contributed by atoms with van der Waals surface area (Å²) >= 11 is 0. The summed E-state index contributed by atoms with van der Waals surface area (Å²) in [5.74, 6) is -1.29. The molecule has 2 aromatic carbocycles. The van der Waals surface area contributed by atoms with E-state index >= 15 is 0 Å². The average Bonchev–Trinajstić information content (AvgIpc) is 3.15. The highest BCUT2D eigenvalue weighted by Crippen LogP contribution is 2.38. The first-order chi connectivity index (χ1) is 12.4. The molecule has 0 aliphatic carbocycles. The molecular formula is C18H15NO6S. The van der Waals surface area contributed by atoms with Crippen molar-refractivity contribution in [2.45, 2.75) is 10.6 Å². The second-order valence-electron chi connectivity index (χ2n) is 5.42. The van der Waals surface area contributed by atoms with Crippen molar-refractivity contribution in [1.82, 2.24) is 4.98 Å². The Morgan fingerprint density at radius 2 is 1.92 bits per heavy atom. The molecule has 1 heterocycles. The second kappa shape index (κ2) is 7.01. The summed E-state index contributed by atoms with van der Waals surface area (Å²) in [6.45, 7) is 0. The normalized spacial score (nSPS) is 11.3. The molecule has 0 spiro atoms. The van der Waals surface area contributed by atoms with Gasteiger partial charge in [0.15, 0.2) is 22.0 Å². The van der Waals surface area contributed by atoms with Crippen LogP contribution >= 0.6 is 0 Å². The van der Waals surface area contributed by atoms with Crippen LogP contribution < -0.4 is 4.74 Å². The van der Waals surface area contributed by atoms with Crippen molar-refractivity contribution in [3.05, 3.63) is 66.2 Å². The topological polar surface area (TPSA) is 107 Å². The smallest absolute Gasteiger partial charge is 0.339 e. The fraction of sp³-hybridized carbons (Fsp3) is 0.111. The van der Waals surface area contributed by atoms with Crippen LogP contribution in [-0.4, -0.2) is 31.6 Å². The zero-order valence-electron chi connectivity index (χ0n) is 13.7. The minimum Gasteiger partial charge on any atom is -0.495 e. The highest BCUT2D eigenvalue weighted by molar-refractivity contribution is 7.90. The number of oxazole rings is 1. The van der Waals surface area contributed by atoms with E-state index in [4.69, 9.17) is 9.15 Å². The fourth-order valence-corrected chi connectivity index (χ4v) is 4.04. The fourth-order valence-electron chi connectivity index (χ4n) is 2.65. The third-order valence-corrected chi connectivity index (χ3v) is 5.49. The number of hydrogen-bond acceptors (Lipinski definition) is 6. The first-order valence-electron chi connectivity index (χ1n) is 7.54. The molecule has 0 saturated carbocycles. The molecule has 0 saturated heterocycles. The van der Waals surface area contributed by atoms with Gasteiger partial charge in [-0.2, -0.15) is 0 Å². The summed E-state index contributed by atoms with van der Waals surface area (Å²) < 4.78 is 36.0. The molecular weight excluding hydrogens is 358 g/mol. The molecule has 0 amide bonds. The Kier molecular flexibility index (Phi) is 4.77. The van der Waals surface area contributed by atoms with E-state index in [-0.39, 0.29) is 33.3 Å². The van der Waals surface area contributed by atoms with Gasteiger partial charge in [-0.15, -0.1) is 0 Å². The van der Waals surface area contributed by atoms with Crippen LogP contribution in [0.25, 0.3) is 11.3 Å². The highest BCUT2D eigenvalue weighted by Gasteiger charge is 2.25. The number of nitrogens with zero attached hydrogens (tertiary/aromatic N) is 1. The second-order valence-corrected chi connectivity index (χ2v) is 7.41. The molecule has 3 aromatic rings. The Morgan fingerprint density at radius 3 is 2.50 bits per heavy atom. The van der Waals surface area contributed by atoms with E-state index in [1.165, 1.54) is 44.0 Å². The van der Waals surface area contributed by atoms with Gasteiger partial charge >= 0.3 is 5.97 Å². The van der Waals surface area contributed by atoms with E-state index in [0.717, 1.165) is 0 Å². The summed E-state index contributed by atoms with van der Waals surface area (Å²) in [5, 5.41) is 9.38. The number of rotatable bonds is 6. The lowest BCUT2D eigenvalue weighted by Crippen LogP contribution is -2.09. The van der Waals surface area contributed by atoms with Crippen molar-refractivity contribution in [3.63, 3.8) is 0 Å². The minimum absolute atomic E-state index is 0.0232. The van der Waals surface area contributed by atoms with Crippen LogP contribution in [0.2, 0.25) is 0 Å². The quantitative estimate of drug-likeness (QED) is 0.708. The van der Waals surface area contributed by atoms with Crippen LogP contribution in [0.15, 0.2) is 64.4 Å². The van der Waals surface area contributed by atoms with Gasteiger partial charge in [0.05, 0.1) is 29.5 Å². The molecule has 0 atom stereocenters. The molecule has 1 N–H and O–H groups in total. The van der Waals surface area contributed by atoms with Crippen LogP contribution in [0.1, 0.15) is 15.9 Å². The van der Waals surface area contributed by atoms with E-state index in [0.29, 0.717) is 5.56 Å². The Balaban J connectivity index is 2.18. The standard InChI is InChI=1S/C18H15NO6S/c1-24-17-14(18(20)21)8-7-12(16(17)15-9-19-11-25-15)10-26(22,23)13-5-3-2-4-6-13/h2-9,11H,10H2,1H3,(H,20,21). The third-order valence-electron chi connectivity index (χ3n) is 3.81. The van der Waals surface area contributed by atoms with Crippen molar-refractivity contribution in [2.24, 2.45) is 0 Å². The molecule has 0 fully saturated rings. The summed E-state index contributed by atoms with van der Waals surface area (Å²) in [6, 6.07) is 10.8. The molecule has 8 heteroatoms. The maximum Gasteiger partial charge on any atom is 0.339 e. The van der Waals surface area contributed by atoms with E-state index in [2.05, 4.69) is 4.98 Å². The van der Waals surface area contributed by atoms with Gasteiger partial charge in [-0.3, -0.25) is 0 Å². The Labute approximate surface area is 149 Å². The maximum absolute atomic E-state index is 12.7. The number of carboxylic acids is 1. The van der Waals surface area contributed by atoms with E-state index in [1.807, 2.05) is 0 Å². The van der Waals surface area contributed by atoms with E-state index in [9.17, 15) is 18.3 Å². The lowest BCUT2D eigenvalue weighted by atomic mass is 10.0. The predicted octanol–water partition coefficient (Wildman–Crippen LogP) is 3.02. The predicted molar refractivity (Wildman–Crippen MR) is 92.8 cm³/mol. The van der Waals surface area contributed by atoms with Crippen LogP contribution in [0.5, 0.6) is 5.75 Å². The Morgan fingerprint density at radius 1 is 1.19 bits per heavy atom. The summed E-state index contributed by atoms with van der Waals surface area (Å²) in [5.41, 5.74) is 0.511. The van der Waals surface area contributed by atoms with E-state index in [1.54, 1.807) is 18.2 Å². The van der Waals surface area contributed by atoms with Crippen molar-refractivity contribution < 1.29 is 27.5 Å². The number of methoxy groups -OCH3 is 1. The number of hydrogen-bond donors (Lipinski definition) is 1. The number of carboxylic acid groups (broad SMARTS) is 1. The molecule has 0 bridgehead atoms. The zero-order chi connectivity index (χ0) is 18.7. The molecule has 3 rings (SSSR count). The average molecular weight is 373 g/mol. The van der Waals surface area contributed by atoms with Crippen molar-refractivity contribution >= 4 is 15.8 Å². The number of sulfone groups is 1. The molecule has 26 heavy (non-hydrogen) atoms. The molecule has 0 aliphatic heterocycles. The highest BCUT2D eigenvalue weighted by atomic mass is 32.2. The monoisotopic (exact) mass is 373 g/mol. The number of aromatic carboxylic acids is 1.